The Morgan fingerprint density at radius 3 is 2.65 bits per heavy atom. The fourth-order valence-electron chi connectivity index (χ4n) is 3.95. The summed E-state index contributed by atoms with van der Waals surface area (Å²) in [6.07, 6.45) is 5.12. The maximum Gasteiger partial charge on any atom is 0.240 e. The van der Waals surface area contributed by atoms with Crippen LogP contribution < -0.4 is 15.8 Å². The molecule has 0 aliphatic heterocycles. The predicted molar refractivity (Wildman–Crippen MR) is 148 cm³/mol. The van der Waals surface area contributed by atoms with E-state index in [2.05, 4.69) is 15.0 Å². The highest BCUT2D eigenvalue weighted by Gasteiger charge is 2.18. The molecule has 0 amide bonds. The van der Waals surface area contributed by atoms with Crippen LogP contribution in [0.3, 0.4) is 0 Å². The zero-order valence-corrected chi connectivity index (χ0v) is 21.9. The van der Waals surface area contributed by atoms with Crippen LogP contribution in [0.1, 0.15) is 18.4 Å². The number of benzene rings is 2. The minimum Gasteiger partial charge on any atom is -0.399 e. The van der Waals surface area contributed by atoms with Crippen LogP contribution in [0, 0.1) is 6.92 Å². The van der Waals surface area contributed by atoms with Gasteiger partial charge in [0.1, 0.15) is 5.69 Å². The molecule has 190 valence electrons. The maximum absolute atomic E-state index is 12.4. The molecule has 0 aliphatic carbocycles. The van der Waals surface area contributed by atoms with E-state index in [1.807, 2.05) is 53.2 Å². The van der Waals surface area contributed by atoms with Crippen LogP contribution in [0.2, 0.25) is 0 Å². The molecule has 37 heavy (non-hydrogen) atoms. The third kappa shape index (κ3) is 5.63. The van der Waals surface area contributed by atoms with Gasteiger partial charge in [0.2, 0.25) is 16.0 Å². The van der Waals surface area contributed by atoms with E-state index in [9.17, 15) is 8.42 Å². The van der Waals surface area contributed by atoms with Gasteiger partial charge in [-0.15, -0.1) is 11.3 Å². The fraction of sp³-hybridized carbons (Fsp3) is 0.192. The van der Waals surface area contributed by atoms with Crippen molar-refractivity contribution < 1.29 is 8.42 Å². The second-order valence-electron chi connectivity index (χ2n) is 8.60. The van der Waals surface area contributed by atoms with E-state index in [1.54, 1.807) is 41.8 Å². The Morgan fingerprint density at radius 1 is 1.03 bits per heavy atom. The SMILES string of the molecule is Cc1ccc(S(=O)(=O)NCCCCNc2nccc(-c3c(-c4cccc(N)c4)nc4sccn34)n2)cc1. The number of hydrogen-bond acceptors (Lipinski definition) is 8. The van der Waals surface area contributed by atoms with Gasteiger partial charge in [-0.05, 0) is 50.1 Å². The molecule has 9 nitrogen and oxygen atoms in total. The Balaban J connectivity index is 1.22. The summed E-state index contributed by atoms with van der Waals surface area (Å²) in [7, 11) is -3.50. The smallest absolute Gasteiger partial charge is 0.240 e. The summed E-state index contributed by atoms with van der Waals surface area (Å²) in [4.78, 5) is 15.1. The number of unbranched alkanes of at least 4 members (excludes halogenated alkanes) is 1. The van der Waals surface area contributed by atoms with Crippen molar-refractivity contribution in [2.45, 2.75) is 24.7 Å². The molecule has 5 rings (SSSR count). The summed E-state index contributed by atoms with van der Waals surface area (Å²) in [6.45, 7) is 2.89. The molecule has 2 aromatic carbocycles. The summed E-state index contributed by atoms with van der Waals surface area (Å²) in [6, 6.07) is 16.3. The molecule has 0 spiro atoms. The van der Waals surface area contributed by atoms with E-state index in [0.29, 0.717) is 31.1 Å². The van der Waals surface area contributed by atoms with Crippen molar-refractivity contribution in [3.8, 4) is 22.6 Å². The topological polar surface area (TPSA) is 127 Å². The van der Waals surface area contributed by atoms with Crippen molar-refractivity contribution in [2.24, 2.45) is 0 Å². The number of nitrogens with one attached hydrogen (secondary N) is 2. The molecular formula is C26H27N7O2S2. The Bertz CT molecular complexity index is 1630. The van der Waals surface area contributed by atoms with E-state index in [-0.39, 0.29) is 4.90 Å². The van der Waals surface area contributed by atoms with E-state index < -0.39 is 10.0 Å². The molecule has 5 aromatic rings. The highest BCUT2D eigenvalue weighted by atomic mass is 32.2. The lowest BCUT2D eigenvalue weighted by Crippen LogP contribution is -2.25. The van der Waals surface area contributed by atoms with E-state index >= 15 is 0 Å². The Labute approximate surface area is 219 Å². The molecule has 0 bridgehead atoms. The average molecular weight is 534 g/mol. The van der Waals surface area contributed by atoms with Gasteiger partial charge in [-0.1, -0.05) is 29.8 Å². The second-order valence-corrected chi connectivity index (χ2v) is 11.2. The third-order valence-electron chi connectivity index (χ3n) is 5.83. The lowest BCUT2D eigenvalue weighted by Gasteiger charge is -2.09. The van der Waals surface area contributed by atoms with Gasteiger partial charge >= 0.3 is 0 Å². The van der Waals surface area contributed by atoms with Gasteiger partial charge in [0.25, 0.3) is 0 Å². The van der Waals surface area contributed by atoms with Crippen molar-refractivity contribution in [1.29, 1.82) is 0 Å². The van der Waals surface area contributed by atoms with Crippen molar-refractivity contribution in [2.75, 3.05) is 24.1 Å². The van der Waals surface area contributed by atoms with Crippen LogP contribution in [-0.4, -0.2) is 40.9 Å². The molecule has 0 radical (unpaired) electrons. The number of nitrogens with zero attached hydrogens (tertiary/aromatic N) is 4. The number of anilines is 2. The largest absolute Gasteiger partial charge is 0.399 e. The molecule has 0 atom stereocenters. The Kier molecular flexibility index (Phi) is 7.17. The van der Waals surface area contributed by atoms with Gasteiger partial charge in [-0.25, -0.2) is 28.1 Å². The van der Waals surface area contributed by atoms with Crippen molar-refractivity contribution in [3.05, 3.63) is 77.9 Å². The zero-order chi connectivity index (χ0) is 25.8. The van der Waals surface area contributed by atoms with E-state index in [4.69, 9.17) is 15.7 Å². The quantitative estimate of drug-likeness (QED) is 0.177. The van der Waals surface area contributed by atoms with Crippen LogP contribution >= 0.6 is 11.3 Å². The fourth-order valence-corrected chi connectivity index (χ4v) is 5.74. The monoisotopic (exact) mass is 533 g/mol. The third-order valence-corrected chi connectivity index (χ3v) is 8.06. The summed E-state index contributed by atoms with van der Waals surface area (Å²) in [5.74, 6) is 0.501. The van der Waals surface area contributed by atoms with E-state index in [0.717, 1.165) is 39.6 Å². The lowest BCUT2D eigenvalue weighted by molar-refractivity contribution is 0.577. The van der Waals surface area contributed by atoms with Gasteiger partial charge in [0, 0.05) is 42.1 Å². The first-order valence-electron chi connectivity index (χ1n) is 11.9. The zero-order valence-electron chi connectivity index (χ0n) is 20.3. The van der Waals surface area contributed by atoms with Crippen LogP contribution in [0.25, 0.3) is 27.6 Å². The average Bonchev–Trinajstić information content (AvgIpc) is 3.48. The summed E-state index contributed by atoms with van der Waals surface area (Å²) in [5.41, 5.74) is 11.1. The molecule has 0 saturated carbocycles. The van der Waals surface area contributed by atoms with Gasteiger partial charge in [-0.2, -0.15) is 0 Å². The second kappa shape index (κ2) is 10.7. The molecule has 0 saturated heterocycles. The van der Waals surface area contributed by atoms with Crippen LogP contribution in [0.5, 0.6) is 0 Å². The normalized spacial score (nSPS) is 11.7. The molecule has 11 heteroatoms. The number of rotatable bonds is 10. The van der Waals surface area contributed by atoms with Crippen LogP contribution in [-0.2, 0) is 10.0 Å². The first-order valence-corrected chi connectivity index (χ1v) is 14.2. The van der Waals surface area contributed by atoms with Crippen molar-refractivity contribution in [1.82, 2.24) is 24.1 Å². The maximum atomic E-state index is 12.4. The number of fused-ring (bicyclic) bond motifs is 1. The predicted octanol–water partition coefficient (Wildman–Crippen LogP) is 4.58. The standard InChI is InChI=1S/C26H27N7O2S2/c1-18-7-9-21(10-8-18)37(34,35)30-13-3-2-12-28-25-29-14-11-22(31-25)24-23(19-5-4-6-20(27)17-19)32-26-33(24)15-16-36-26/h4-11,14-17,30H,2-3,12-13,27H2,1H3,(H,28,29,31). The molecule has 0 fully saturated rings. The molecule has 3 aromatic heterocycles. The lowest BCUT2D eigenvalue weighted by atomic mass is 10.1. The highest BCUT2D eigenvalue weighted by molar-refractivity contribution is 7.89. The first-order chi connectivity index (χ1) is 17.9. The number of thiazole rings is 1. The summed E-state index contributed by atoms with van der Waals surface area (Å²) >= 11 is 1.56. The van der Waals surface area contributed by atoms with Gasteiger partial charge in [0.15, 0.2) is 4.96 Å². The number of nitrogens with two attached hydrogens (primary N) is 1. The molecule has 0 unspecified atom stereocenters. The van der Waals surface area contributed by atoms with Gasteiger partial charge < -0.3 is 11.1 Å². The van der Waals surface area contributed by atoms with E-state index in [1.165, 1.54) is 0 Å². The molecule has 3 heterocycles. The van der Waals surface area contributed by atoms with Gasteiger partial charge in [0.05, 0.1) is 16.3 Å². The first kappa shape index (κ1) is 24.9. The highest BCUT2D eigenvalue weighted by Crippen LogP contribution is 2.34. The van der Waals surface area contributed by atoms with Gasteiger partial charge in [-0.3, -0.25) is 4.40 Å². The minimum absolute atomic E-state index is 0.276. The number of aromatic nitrogens is 4. The summed E-state index contributed by atoms with van der Waals surface area (Å²) < 4.78 is 29.5. The van der Waals surface area contributed by atoms with Crippen LogP contribution in [0.4, 0.5) is 11.6 Å². The molecule has 0 aliphatic rings. The number of aryl methyl sites for hydroxylation is 1. The van der Waals surface area contributed by atoms with Crippen LogP contribution in [0.15, 0.2) is 77.3 Å². The number of imidazole rings is 1. The number of sulfonamides is 1. The molecular weight excluding hydrogens is 506 g/mol. The molecule has 4 N–H and O–H groups in total. The number of nitrogen functional groups attached to an aromatic ring is 1. The Hall–Kier alpha value is -3.80. The number of hydrogen-bond donors (Lipinski definition) is 3. The van der Waals surface area contributed by atoms with Crippen molar-refractivity contribution >= 4 is 38.0 Å². The Morgan fingerprint density at radius 2 is 1.84 bits per heavy atom. The van der Waals surface area contributed by atoms with Crippen molar-refractivity contribution in [3.63, 3.8) is 0 Å². The minimum atomic E-state index is -3.50. The summed E-state index contributed by atoms with van der Waals surface area (Å²) in [5, 5.41) is 5.23.